The standard InChI is InChI=1S/C7H9N5O8S2/c8-21(17,18)2-4-6(11(13)14)1-7(12(15)16)5(10-4)3-22(9,19)20/h1H,2-3H2,(H2,8,17,18)(H2,9,19,20). The zero-order chi connectivity index (χ0) is 17.3. The van der Waals surface area contributed by atoms with Crippen molar-refractivity contribution in [3.8, 4) is 0 Å². The summed E-state index contributed by atoms with van der Waals surface area (Å²) in [6.07, 6.45) is 0. The molecule has 15 heteroatoms. The second kappa shape index (κ2) is 5.87. The average molecular weight is 355 g/mol. The number of sulfonamides is 2. The van der Waals surface area contributed by atoms with Gasteiger partial charge in [0.05, 0.1) is 15.9 Å². The largest absolute Gasteiger partial charge is 0.298 e. The summed E-state index contributed by atoms with van der Waals surface area (Å²) < 4.78 is 44.1. The zero-order valence-electron chi connectivity index (χ0n) is 10.6. The molecule has 1 heterocycles. The molecule has 0 aliphatic rings. The van der Waals surface area contributed by atoms with Crippen molar-refractivity contribution in [3.63, 3.8) is 0 Å². The van der Waals surface area contributed by atoms with Gasteiger partial charge in [-0.3, -0.25) is 20.2 Å². The minimum Gasteiger partial charge on any atom is -0.258 e. The maximum absolute atomic E-state index is 11.0. The van der Waals surface area contributed by atoms with Gasteiger partial charge in [-0.25, -0.2) is 32.1 Å². The fourth-order valence-electron chi connectivity index (χ4n) is 1.48. The van der Waals surface area contributed by atoms with Crippen molar-refractivity contribution in [2.45, 2.75) is 11.5 Å². The van der Waals surface area contributed by atoms with Crippen molar-refractivity contribution in [1.29, 1.82) is 0 Å². The number of primary sulfonamides is 2. The highest BCUT2D eigenvalue weighted by Gasteiger charge is 2.29. The van der Waals surface area contributed by atoms with E-state index < -0.39 is 64.2 Å². The van der Waals surface area contributed by atoms with Gasteiger partial charge in [0.25, 0.3) is 11.4 Å². The summed E-state index contributed by atoms with van der Waals surface area (Å²) >= 11 is 0. The molecule has 0 bridgehead atoms. The molecule has 0 aromatic carbocycles. The van der Waals surface area contributed by atoms with E-state index in [9.17, 15) is 37.1 Å². The van der Waals surface area contributed by atoms with Gasteiger partial charge in [-0.1, -0.05) is 0 Å². The maximum atomic E-state index is 11.0. The SMILES string of the molecule is NS(=O)(=O)Cc1nc(CS(N)(=O)=O)c([N+](=O)[O-])cc1[N+](=O)[O-]. The Kier molecular flexibility index (Phi) is 4.76. The minimum atomic E-state index is -4.24. The molecule has 13 nitrogen and oxygen atoms in total. The van der Waals surface area contributed by atoms with Crippen LogP contribution < -0.4 is 10.3 Å². The lowest BCUT2D eigenvalue weighted by Crippen LogP contribution is -2.20. The van der Waals surface area contributed by atoms with Crippen LogP contribution in [0.5, 0.6) is 0 Å². The fraction of sp³-hybridized carbons (Fsp3) is 0.286. The molecule has 1 rings (SSSR count). The number of nitrogens with zero attached hydrogens (tertiary/aromatic N) is 3. The fourth-order valence-corrected chi connectivity index (χ4v) is 2.67. The minimum absolute atomic E-state index is 0.411. The van der Waals surface area contributed by atoms with Crippen LogP contribution in [0.25, 0.3) is 0 Å². The van der Waals surface area contributed by atoms with Crippen LogP contribution in [0, 0.1) is 20.2 Å². The third kappa shape index (κ3) is 4.95. The molecular formula is C7H9N5O8S2. The van der Waals surface area contributed by atoms with Crippen molar-refractivity contribution in [3.05, 3.63) is 37.7 Å². The molecule has 122 valence electrons. The predicted molar refractivity (Wildman–Crippen MR) is 71.2 cm³/mol. The van der Waals surface area contributed by atoms with Crippen molar-refractivity contribution < 1.29 is 26.7 Å². The Morgan fingerprint density at radius 3 is 1.45 bits per heavy atom. The summed E-state index contributed by atoms with van der Waals surface area (Å²) in [5, 5.41) is 31.2. The monoisotopic (exact) mass is 355 g/mol. The van der Waals surface area contributed by atoms with E-state index in [1.54, 1.807) is 0 Å². The second-order valence-corrected chi connectivity index (χ2v) is 7.28. The Labute approximate surface area is 123 Å². The van der Waals surface area contributed by atoms with E-state index in [4.69, 9.17) is 10.3 Å². The van der Waals surface area contributed by atoms with E-state index >= 15 is 0 Å². The van der Waals surface area contributed by atoms with Crippen LogP contribution in [0.1, 0.15) is 11.4 Å². The van der Waals surface area contributed by atoms with E-state index in [1.807, 2.05) is 0 Å². The number of hydrogen-bond donors (Lipinski definition) is 2. The van der Waals surface area contributed by atoms with Gasteiger partial charge >= 0.3 is 0 Å². The lowest BCUT2D eigenvalue weighted by atomic mass is 10.2. The van der Waals surface area contributed by atoms with E-state index in [-0.39, 0.29) is 0 Å². The van der Waals surface area contributed by atoms with E-state index in [0.717, 1.165) is 0 Å². The topological polar surface area (TPSA) is 219 Å². The van der Waals surface area contributed by atoms with Crippen LogP contribution in [0.2, 0.25) is 0 Å². The van der Waals surface area contributed by atoms with Gasteiger partial charge in [-0.15, -0.1) is 0 Å². The Bertz CT molecular complexity index is 779. The summed E-state index contributed by atoms with van der Waals surface area (Å²) in [6.45, 7) is 0. The zero-order valence-corrected chi connectivity index (χ0v) is 12.2. The molecule has 0 aliphatic heterocycles. The van der Waals surface area contributed by atoms with Crippen molar-refractivity contribution >= 4 is 31.4 Å². The number of nitro groups is 2. The lowest BCUT2D eigenvalue weighted by molar-refractivity contribution is -0.395. The summed E-state index contributed by atoms with van der Waals surface area (Å²) in [5.74, 6) is -2.20. The highest BCUT2D eigenvalue weighted by Crippen LogP contribution is 2.28. The van der Waals surface area contributed by atoms with Crippen LogP contribution >= 0.6 is 0 Å². The number of aromatic nitrogens is 1. The summed E-state index contributed by atoms with van der Waals surface area (Å²) in [7, 11) is -8.49. The molecule has 0 saturated carbocycles. The van der Waals surface area contributed by atoms with Gasteiger partial charge in [0, 0.05) is 0 Å². The second-order valence-electron chi connectivity index (χ2n) is 4.05. The Morgan fingerprint density at radius 2 is 1.23 bits per heavy atom. The average Bonchev–Trinajstić information content (AvgIpc) is 2.23. The number of nitrogens with two attached hydrogens (primary N) is 2. The molecule has 0 spiro atoms. The molecule has 0 atom stereocenters. The Morgan fingerprint density at radius 1 is 0.909 bits per heavy atom. The lowest BCUT2D eigenvalue weighted by Gasteiger charge is -2.05. The quantitative estimate of drug-likeness (QED) is 0.445. The molecule has 1 aromatic heterocycles. The number of hydrogen-bond acceptors (Lipinski definition) is 9. The Balaban J connectivity index is 3.65. The molecule has 0 saturated heterocycles. The maximum Gasteiger partial charge on any atom is 0.298 e. The highest BCUT2D eigenvalue weighted by molar-refractivity contribution is 7.88. The van der Waals surface area contributed by atoms with Crippen molar-refractivity contribution in [2.75, 3.05) is 0 Å². The van der Waals surface area contributed by atoms with E-state index in [1.165, 1.54) is 0 Å². The van der Waals surface area contributed by atoms with Crippen LogP contribution in [0.4, 0.5) is 11.4 Å². The number of pyridine rings is 1. The first-order chi connectivity index (χ1) is 9.80. The summed E-state index contributed by atoms with van der Waals surface area (Å²) in [5.41, 5.74) is -3.40. The summed E-state index contributed by atoms with van der Waals surface area (Å²) in [4.78, 5) is 22.9. The Hall–Kier alpha value is -2.23. The van der Waals surface area contributed by atoms with Crippen LogP contribution in [0.3, 0.4) is 0 Å². The van der Waals surface area contributed by atoms with E-state index in [2.05, 4.69) is 4.98 Å². The van der Waals surface area contributed by atoms with Gasteiger partial charge in [0.1, 0.15) is 22.9 Å². The molecule has 0 unspecified atom stereocenters. The molecule has 0 amide bonds. The number of rotatable bonds is 6. The molecular weight excluding hydrogens is 346 g/mol. The van der Waals surface area contributed by atoms with Crippen molar-refractivity contribution in [1.82, 2.24) is 4.98 Å². The molecule has 0 radical (unpaired) electrons. The first-order valence-corrected chi connectivity index (χ1v) is 8.56. The van der Waals surface area contributed by atoms with Gasteiger partial charge in [-0.2, -0.15) is 0 Å². The molecule has 0 fully saturated rings. The predicted octanol–water partition coefficient (Wildman–Crippen LogP) is -1.52. The molecule has 0 aliphatic carbocycles. The van der Waals surface area contributed by atoms with Gasteiger partial charge in [0.2, 0.25) is 20.0 Å². The molecule has 22 heavy (non-hydrogen) atoms. The first-order valence-electron chi connectivity index (χ1n) is 5.12. The highest BCUT2D eigenvalue weighted by atomic mass is 32.2. The first kappa shape index (κ1) is 17.8. The molecule has 1 aromatic rings. The van der Waals surface area contributed by atoms with E-state index in [0.29, 0.717) is 6.07 Å². The van der Waals surface area contributed by atoms with Crippen LogP contribution in [0.15, 0.2) is 6.07 Å². The third-order valence-corrected chi connectivity index (χ3v) is 3.56. The smallest absolute Gasteiger partial charge is 0.258 e. The van der Waals surface area contributed by atoms with Gasteiger partial charge in [-0.05, 0) is 0 Å². The van der Waals surface area contributed by atoms with Gasteiger partial charge in [0.15, 0.2) is 0 Å². The molecule has 4 N–H and O–H groups in total. The van der Waals surface area contributed by atoms with Gasteiger partial charge < -0.3 is 0 Å². The summed E-state index contributed by atoms with van der Waals surface area (Å²) in [6, 6.07) is 0.411. The van der Waals surface area contributed by atoms with Crippen LogP contribution in [-0.2, 0) is 31.6 Å². The third-order valence-electron chi connectivity index (χ3n) is 2.20. The van der Waals surface area contributed by atoms with Crippen LogP contribution in [-0.4, -0.2) is 31.7 Å². The normalized spacial score (nSPS) is 12.1. The van der Waals surface area contributed by atoms with Crippen molar-refractivity contribution in [2.24, 2.45) is 10.3 Å².